The molecular formula is C14H11BrN4O2. The molecule has 2 heterocycles. The number of ether oxygens (including phenoxy) is 1. The van der Waals surface area contributed by atoms with E-state index in [0.29, 0.717) is 11.1 Å². The van der Waals surface area contributed by atoms with Gasteiger partial charge in [-0.2, -0.15) is 0 Å². The number of fused-ring (bicyclic) bond motifs is 1. The molecule has 21 heavy (non-hydrogen) atoms. The third-order valence-electron chi connectivity index (χ3n) is 2.98. The van der Waals surface area contributed by atoms with E-state index in [0.717, 1.165) is 15.6 Å². The summed E-state index contributed by atoms with van der Waals surface area (Å²) in [4.78, 5) is 16.1. The molecule has 3 aromatic rings. The van der Waals surface area contributed by atoms with Gasteiger partial charge in [-0.15, -0.1) is 5.10 Å². The van der Waals surface area contributed by atoms with Crippen molar-refractivity contribution in [1.82, 2.24) is 20.0 Å². The second kappa shape index (κ2) is 5.61. The summed E-state index contributed by atoms with van der Waals surface area (Å²) in [7, 11) is 1.80. The van der Waals surface area contributed by atoms with E-state index in [1.165, 1.54) is 0 Å². The van der Waals surface area contributed by atoms with Crippen molar-refractivity contribution in [2.24, 2.45) is 7.05 Å². The van der Waals surface area contributed by atoms with Crippen LogP contribution < -0.4 is 0 Å². The lowest BCUT2D eigenvalue weighted by molar-refractivity contribution is 0.0472. The van der Waals surface area contributed by atoms with Crippen molar-refractivity contribution in [2.75, 3.05) is 0 Å². The lowest BCUT2D eigenvalue weighted by Gasteiger charge is -2.05. The monoisotopic (exact) mass is 346 g/mol. The number of pyridine rings is 1. The van der Waals surface area contributed by atoms with Gasteiger partial charge in [0.25, 0.3) is 0 Å². The van der Waals surface area contributed by atoms with Crippen LogP contribution in [0.5, 0.6) is 0 Å². The molecule has 0 aliphatic rings. The number of esters is 1. The summed E-state index contributed by atoms with van der Waals surface area (Å²) < 4.78 is 7.76. The highest BCUT2D eigenvalue weighted by Gasteiger charge is 2.10. The van der Waals surface area contributed by atoms with Gasteiger partial charge in [-0.05, 0) is 40.2 Å². The summed E-state index contributed by atoms with van der Waals surface area (Å²) in [6, 6.07) is 7.02. The molecule has 0 amide bonds. The highest BCUT2D eigenvalue weighted by atomic mass is 79.9. The van der Waals surface area contributed by atoms with Gasteiger partial charge in [0.05, 0.1) is 11.1 Å². The molecule has 0 spiro atoms. The number of aryl methyl sites for hydroxylation is 1. The summed E-state index contributed by atoms with van der Waals surface area (Å²) >= 11 is 3.32. The number of halogens is 1. The lowest BCUT2D eigenvalue weighted by atomic mass is 10.2. The summed E-state index contributed by atoms with van der Waals surface area (Å²) in [6.07, 6.45) is 3.33. The molecule has 0 radical (unpaired) electrons. The van der Waals surface area contributed by atoms with E-state index in [9.17, 15) is 4.79 Å². The van der Waals surface area contributed by atoms with Crippen molar-refractivity contribution < 1.29 is 9.53 Å². The molecule has 0 fully saturated rings. The van der Waals surface area contributed by atoms with E-state index in [1.807, 2.05) is 6.07 Å². The Balaban J connectivity index is 1.74. The SMILES string of the molecule is Cn1nnc2cc(C(=O)OCc3cncc(Br)c3)ccc21. The van der Waals surface area contributed by atoms with Crippen LogP contribution >= 0.6 is 15.9 Å². The highest BCUT2D eigenvalue weighted by Crippen LogP contribution is 2.15. The lowest BCUT2D eigenvalue weighted by Crippen LogP contribution is -2.05. The summed E-state index contributed by atoms with van der Waals surface area (Å²) in [5.74, 6) is -0.400. The number of hydrogen-bond donors (Lipinski definition) is 0. The second-order valence-corrected chi connectivity index (χ2v) is 5.42. The van der Waals surface area contributed by atoms with Crippen molar-refractivity contribution in [3.8, 4) is 0 Å². The first-order valence-electron chi connectivity index (χ1n) is 6.19. The van der Waals surface area contributed by atoms with E-state index >= 15 is 0 Å². The molecule has 0 bridgehead atoms. The Kier molecular flexibility index (Phi) is 3.66. The van der Waals surface area contributed by atoms with Crippen molar-refractivity contribution in [3.05, 3.63) is 52.3 Å². The molecule has 0 N–H and O–H groups in total. The number of nitrogens with zero attached hydrogens (tertiary/aromatic N) is 4. The Morgan fingerprint density at radius 1 is 1.33 bits per heavy atom. The van der Waals surface area contributed by atoms with Crippen LogP contribution in [0.4, 0.5) is 0 Å². The zero-order chi connectivity index (χ0) is 14.8. The predicted octanol–water partition coefficient (Wildman–Crippen LogP) is 2.48. The van der Waals surface area contributed by atoms with Gasteiger partial charge < -0.3 is 4.74 Å². The van der Waals surface area contributed by atoms with Crippen molar-refractivity contribution in [1.29, 1.82) is 0 Å². The molecule has 0 saturated carbocycles. The Labute approximate surface area is 128 Å². The number of carbonyl (C=O) groups is 1. The average molecular weight is 347 g/mol. The maximum Gasteiger partial charge on any atom is 0.338 e. The summed E-state index contributed by atoms with van der Waals surface area (Å²) in [5, 5.41) is 7.88. The van der Waals surface area contributed by atoms with Gasteiger partial charge in [-0.25, -0.2) is 9.48 Å². The molecule has 0 saturated heterocycles. The third-order valence-corrected chi connectivity index (χ3v) is 3.41. The zero-order valence-electron chi connectivity index (χ0n) is 11.2. The molecule has 2 aromatic heterocycles. The number of benzene rings is 1. The molecule has 0 unspecified atom stereocenters. The fourth-order valence-electron chi connectivity index (χ4n) is 1.93. The third kappa shape index (κ3) is 2.92. The van der Waals surface area contributed by atoms with Crippen LogP contribution in [0.1, 0.15) is 15.9 Å². The van der Waals surface area contributed by atoms with E-state index in [4.69, 9.17) is 4.74 Å². The molecule has 0 aliphatic carbocycles. The van der Waals surface area contributed by atoms with Crippen LogP contribution in [-0.2, 0) is 18.4 Å². The van der Waals surface area contributed by atoms with Gasteiger partial charge in [0.1, 0.15) is 12.1 Å². The van der Waals surface area contributed by atoms with E-state index in [-0.39, 0.29) is 6.61 Å². The number of carbonyl (C=O) groups excluding carboxylic acids is 1. The normalized spacial score (nSPS) is 10.8. The van der Waals surface area contributed by atoms with Gasteiger partial charge in [0.2, 0.25) is 0 Å². The zero-order valence-corrected chi connectivity index (χ0v) is 12.7. The minimum atomic E-state index is -0.400. The smallest absolute Gasteiger partial charge is 0.338 e. The first-order chi connectivity index (χ1) is 10.1. The van der Waals surface area contributed by atoms with Crippen LogP contribution in [-0.4, -0.2) is 25.9 Å². The molecule has 3 rings (SSSR count). The van der Waals surface area contributed by atoms with E-state index < -0.39 is 5.97 Å². The Morgan fingerprint density at radius 2 is 2.19 bits per heavy atom. The number of aromatic nitrogens is 4. The van der Waals surface area contributed by atoms with Crippen LogP contribution in [0.2, 0.25) is 0 Å². The fraction of sp³-hybridized carbons (Fsp3) is 0.143. The molecule has 6 nitrogen and oxygen atoms in total. The minimum absolute atomic E-state index is 0.170. The van der Waals surface area contributed by atoms with Crippen LogP contribution in [0.25, 0.3) is 11.0 Å². The van der Waals surface area contributed by atoms with Crippen molar-refractivity contribution in [3.63, 3.8) is 0 Å². The maximum atomic E-state index is 12.0. The summed E-state index contributed by atoms with van der Waals surface area (Å²) in [6.45, 7) is 0.170. The van der Waals surface area contributed by atoms with Gasteiger partial charge in [-0.3, -0.25) is 4.98 Å². The van der Waals surface area contributed by atoms with Crippen LogP contribution in [0, 0.1) is 0 Å². The fourth-order valence-corrected chi connectivity index (χ4v) is 2.35. The Bertz CT molecular complexity index is 816. The average Bonchev–Trinajstić information content (AvgIpc) is 2.86. The molecule has 106 valence electrons. The second-order valence-electron chi connectivity index (χ2n) is 4.50. The minimum Gasteiger partial charge on any atom is -0.457 e. The molecule has 0 aliphatic heterocycles. The number of rotatable bonds is 3. The number of hydrogen-bond acceptors (Lipinski definition) is 5. The first-order valence-corrected chi connectivity index (χ1v) is 6.99. The molecule has 7 heteroatoms. The highest BCUT2D eigenvalue weighted by molar-refractivity contribution is 9.10. The standard InChI is InChI=1S/C14H11BrN4O2/c1-19-13-3-2-10(5-12(13)17-18-19)14(20)21-8-9-4-11(15)7-16-6-9/h2-7H,8H2,1H3. The molecular weight excluding hydrogens is 336 g/mol. The van der Waals surface area contributed by atoms with E-state index in [1.54, 1.807) is 42.3 Å². The van der Waals surface area contributed by atoms with Gasteiger partial charge in [0, 0.05) is 29.5 Å². The van der Waals surface area contributed by atoms with Gasteiger partial charge >= 0.3 is 5.97 Å². The first kappa shape index (κ1) is 13.7. The Hall–Kier alpha value is -2.28. The predicted molar refractivity (Wildman–Crippen MR) is 79.6 cm³/mol. The largest absolute Gasteiger partial charge is 0.457 e. The summed E-state index contributed by atoms with van der Waals surface area (Å²) in [5.41, 5.74) is 2.79. The van der Waals surface area contributed by atoms with Gasteiger partial charge in [0.15, 0.2) is 0 Å². The maximum absolute atomic E-state index is 12.0. The van der Waals surface area contributed by atoms with E-state index in [2.05, 4.69) is 31.2 Å². The van der Waals surface area contributed by atoms with Crippen LogP contribution in [0.15, 0.2) is 41.1 Å². The molecule has 1 aromatic carbocycles. The van der Waals surface area contributed by atoms with Crippen molar-refractivity contribution in [2.45, 2.75) is 6.61 Å². The van der Waals surface area contributed by atoms with Gasteiger partial charge in [-0.1, -0.05) is 5.21 Å². The van der Waals surface area contributed by atoms with Crippen LogP contribution in [0.3, 0.4) is 0 Å². The topological polar surface area (TPSA) is 69.9 Å². The molecule has 0 atom stereocenters. The quantitative estimate of drug-likeness (QED) is 0.681. The Morgan fingerprint density at radius 3 is 3.00 bits per heavy atom. The van der Waals surface area contributed by atoms with Crippen molar-refractivity contribution >= 4 is 32.9 Å².